The number of nitrogens with one attached hydrogen (secondary N) is 4. The summed E-state index contributed by atoms with van der Waals surface area (Å²) in [5.41, 5.74) is 15.2. The van der Waals surface area contributed by atoms with Gasteiger partial charge < -0.3 is 30.9 Å². The fourth-order valence-electron chi connectivity index (χ4n) is 12.3. The van der Waals surface area contributed by atoms with Crippen LogP contribution in [-0.4, -0.2) is 61.6 Å². The molecule has 1 atom stereocenters. The minimum Gasteiger partial charge on any atom is -0.461 e. The lowest BCUT2D eigenvalue weighted by atomic mass is 9.81. The van der Waals surface area contributed by atoms with Gasteiger partial charge in [0.05, 0.1) is 34.6 Å². The summed E-state index contributed by atoms with van der Waals surface area (Å²) >= 11 is 0. The third-order valence-corrected chi connectivity index (χ3v) is 16.6. The van der Waals surface area contributed by atoms with Crippen LogP contribution in [0.2, 0.25) is 0 Å². The van der Waals surface area contributed by atoms with Gasteiger partial charge in [-0.25, -0.2) is 0 Å². The van der Waals surface area contributed by atoms with Crippen molar-refractivity contribution in [2.45, 2.75) is 96.1 Å². The SMILES string of the molecule is CN1C(=CC=C2CCCC(C=CC3=[N+](C)c4ccccc4C3(C)C)=C2NCCCCNC(=O)CCC(=O)OCC2(C)Nc3cccc4c(N=Nc5ccc(N=Nc6ccccc6)c6ccccc56)ccc(c34)N2)C(C)(C)c2ccccc21. The first-order valence-corrected chi connectivity index (χ1v) is 28.7. The van der Waals surface area contributed by atoms with E-state index in [1.807, 2.05) is 104 Å². The van der Waals surface area contributed by atoms with Crippen LogP contribution in [0.1, 0.15) is 90.7 Å². The van der Waals surface area contributed by atoms with Crippen LogP contribution in [0.5, 0.6) is 0 Å². The van der Waals surface area contributed by atoms with Crippen molar-refractivity contribution in [2.75, 3.05) is 49.3 Å². The van der Waals surface area contributed by atoms with Crippen molar-refractivity contribution in [3.8, 4) is 0 Å². The number of amides is 1. The number of nitrogens with zero attached hydrogens (tertiary/aromatic N) is 6. The second-order valence-electron chi connectivity index (χ2n) is 23.1. The van der Waals surface area contributed by atoms with E-state index < -0.39 is 11.6 Å². The highest BCUT2D eigenvalue weighted by Crippen LogP contribution is 2.48. The average Bonchev–Trinajstić information content (AvgIpc) is 3.99. The molecular weight excluding hydrogens is 1020 g/mol. The molecule has 1 unspecified atom stereocenters. The highest BCUT2D eigenvalue weighted by molar-refractivity contribution is 6.10. The average molecular weight is 1090 g/mol. The van der Waals surface area contributed by atoms with Crippen molar-refractivity contribution in [1.29, 1.82) is 0 Å². The van der Waals surface area contributed by atoms with Gasteiger partial charge in [-0.05, 0) is 124 Å². The van der Waals surface area contributed by atoms with Gasteiger partial charge >= 0.3 is 5.97 Å². The summed E-state index contributed by atoms with van der Waals surface area (Å²) in [6, 6.07) is 48.8. The Kier molecular flexibility index (Phi) is 15.6. The lowest BCUT2D eigenvalue weighted by Gasteiger charge is -2.38. The Hall–Kier alpha value is -8.97. The number of rotatable bonds is 18. The molecule has 13 nitrogen and oxygen atoms in total. The number of anilines is 3. The van der Waals surface area contributed by atoms with E-state index in [2.05, 4.69) is 156 Å². The Morgan fingerprint density at radius 2 is 1.28 bits per heavy atom. The van der Waals surface area contributed by atoms with Crippen molar-refractivity contribution < 1.29 is 18.9 Å². The van der Waals surface area contributed by atoms with Crippen molar-refractivity contribution in [3.05, 3.63) is 204 Å². The minimum atomic E-state index is -0.807. The number of unbranched alkanes of at least 4 members (excludes halogenated alkanes) is 1. The van der Waals surface area contributed by atoms with Gasteiger partial charge in [-0.3, -0.25) is 9.59 Å². The summed E-state index contributed by atoms with van der Waals surface area (Å²) < 4.78 is 8.14. The third-order valence-electron chi connectivity index (χ3n) is 16.6. The first-order chi connectivity index (χ1) is 39.7. The zero-order chi connectivity index (χ0) is 57.0. The van der Waals surface area contributed by atoms with E-state index in [9.17, 15) is 9.59 Å². The molecule has 0 bridgehead atoms. The molecule has 3 heterocycles. The lowest BCUT2D eigenvalue weighted by molar-refractivity contribution is -0.401. The zero-order valence-corrected chi connectivity index (χ0v) is 48.1. The molecule has 4 aliphatic rings. The topological polar surface area (TPSA) is 147 Å². The van der Waals surface area contributed by atoms with Gasteiger partial charge in [0.2, 0.25) is 11.6 Å². The number of ether oxygens (including phenoxy) is 1. The van der Waals surface area contributed by atoms with E-state index >= 15 is 0 Å². The van der Waals surface area contributed by atoms with E-state index in [-0.39, 0.29) is 36.2 Å². The smallest absolute Gasteiger partial charge is 0.306 e. The normalized spacial score (nSPS) is 18.9. The Morgan fingerprint density at radius 1 is 0.646 bits per heavy atom. The third kappa shape index (κ3) is 11.2. The van der Waals surface area contributed by atoms with E-state index in [0.717, 1.165) is 88.6 Å². The van der Waals surface area contributed by atoms with E-state index in [1.165, 1.54) is 50.8 Å². The number of azo groups is 2. The Bertz CT molecular complexity index is 3830. The second-order valence-corrected chi connectivity index (χ2v) is 23.1. The maximum atomic E-state index is 13.1. The summed E-state index contributed by atoms with van der Waals surface area (Å²) in [6.45, 7) is 12.5. The van der Waals surface area contributed by atoms with Crippen molar-refractivity contribution in [3.63, 3.8) is 0 Å². The Balaban J connectivity index is 0.675. The molecule has 11 rings (SSSR count). The van der Waals surface area contributed by atoms with Crippen LogP contribution in [0.3, 0.4) is 0 Å². The number of hydrogen-bond acceptors (Lipinski definition) is 11. The number of likely N-dealkylation sites (N-methyl/N-ethyl adjacent to an activating group) is 1. The number of carbonyl (C=O) groups is 2. The van der Waals surface area contributed by atoms with Gasteiger partial charge in [0.1, 0.15) is 19.3 Å². The fourth-order valence-corrected chi connectivity index (χ4v) is 12.3. The van der Waals surface area contributed by atoms with Gasteiger partial charge in [-0.1, -0.05) is 117 Å². The molecule has 3 aliphatic heterocycles. The van der Waals surface area contributed by atoms with Crippen LogP contribution < -0.4 is 26.2 Å². The predicted octanol–water partition coefficient (Wildman–Crippen LogP) is 16.1. The summed E-state index contributed by atoms with van der Waals surface area (Å²) in [5, 5.41) is 36.2. The lowest BCUT2D eigenvalue weighted by Crippen LogP contribution is -2.49. The van der Waals surface area contributed by atoms with E-state index in [1.54, 1.807) is 0 Å². The van der Waals surface area contributed by atoms with Crippen LogP contribution in [0.4, 0.5) is 45.5 Å². The molecule has 0 spiro atoms. The number of carbonyl (C=O) groups excluding carboxylic acids is 2. The fraction of sp³-hybridized carbons (Fsp3) is 0.290. The molecule has 82 heavy (non-hydrogen) atoms. The van der Waals surface area contributed by atoms with Gasteiger partial charge in [-0.15, -0.1) is 15.3 Å². The number of allylic oxidation sites excluding steroid dienone is 7. The second kappa shape index (κ2) is 23.2. The van der Waals surface area contributed by atoms with Gasteiger partial charge in [0.15, 0.2) is 5.71 Å². The Morgan fingerprint density at radius 3 is 2.02 bits per heavy atom. The largest absolute Gasteiger partial charge is 0.461 e. The molecule has 7 aromatic rings. The molecule has 1 amide bonds. The van der Waals surface area contributed by atoms with E-state index in [4.69, 9.17) is 15.0 Å². The molecule has 1 aliphatic carbocycles. The zero-order valence-electron chi connectivity index (χ0n) is 48.1. The first kappa shape index (κ1) is 55.0. The number of para-hydroxylation sites is 2. The molecule has 0 saturated heterocycles. The molecule has 13 heteroatoms. The molecule has 0 aromatic heterocycles. The van der Waals surface area contributed by atoms with Crippen LogP contribution in [-0.2, 0) is 25.2 Å². The van der Waals surface area contributed by atoms with Crippen molar-refractivity contribution >= 4 is 84.6 Å². The summed E-state index contributed by atoms with van der Waals surface area (Å²) in [6.07, 6.45) is 14.1. The maximum absolute atomic E-state index is 13.1. The van der Waals surface area contributed by atoms with Crippen LogP contribution in [0.15, 0.2) is 213 Å². The van der Waals surface area contributed by atoms with Gasteiger partial charge in [0.25, 0.3) is 0 Å². The monoisotopic (exact) mass is 1090 g/mol. The van der Waals surface area contributed by atoms with Crippen LogP contribution in [0.25, 0.3) is 21.5 Å². The molecule has 416 valence electrons. The van der Waals surface area contributed by atoms with Crippen molar-refractivity contribution in [2.24, 2.45) is 20.5 Å². The molecule has 0 fully saturated rings. The quantitative estimate of drug-likeness (QED) is 0.0290. The molecular formula is C69H73N10O3+. The predicted molar refractivity (Wildman–Crippen MR) is 333 cm³/mol. The van der Waals surface area contributed by atoms with Crippen molar-refractivity contribution in [1.82, 2.24) is 10.6 Å². The van der Waals surface area contributed by atoms with E-state index in [0.29, 0.717) is 12.2 Å². The van der Waals surface area contributed by atoms with Crippen LogP contribution in [0, 0.1) is 0 Å². The maximum Gasteiger partial charge on any atom is 0.306 e. The number of hydrogen-bond donors (Lipinski definition) is 4. The van der Waals surface area contributed by atoms with Crippen LogP contribution >= 0.6 is 0 Å². The summed E-state index contributed by atoms with van der Waals surface area (Å²) in [4.78, 5) is 28.5. The number of fused-ring (bicyclic) bond motifs is 3. The first-order valence-electron chi connectivity index (χ1n) is 28.7. The standard InChI is InChI=1S/C69H72N10O3/c1-67(2)52-28-13-15-31-59(52)78(6)61(67)39-33-46-21-19-22-47(34-40-62-68(3,4)53-29-14-16-32-60(53)79(62)7)66(46)71-44-18-17-43-70-63(80)41-42-64(81)82-45-69(5)72-57-30-20-27-51-56(37-38-58(73-69)65(51)57)77-76-55-36-35-54(49-25-11-12-26-50(49)55)75-74-48-23-9-8-10-24-48/h8-16,20,23-40H,17-19,21-22,41-45H2,1-7H3,(H3,70,72,73,74,76,80)/p+1. The highest BCUT2D eigenvalue weighted by atomic mass is 16.5. The molecule has 4 N–H and O–H groups in total. The number of benzene rings is 7. The van der Waals surface area contributed by atoms with Gasteiger partial charge in [0, 0.05) is 99.7 Å². The van der Waals surface area contributed by atoms with Gasteiger partial charge in [-0.2, -0.15) is 9.69 Å². The highest BCUT2D eigenvalue weighted by Gasteiger charge is 2.43. The Labute approximate surface area is 481 Å². The molecule has 0 radical (unpaired) electrons. The summed E-state index contributed by atoms with van der Waals surface area (Å²) in [5.74, 6) is -0.608. The molecule has 0 saturated carbocycles. The minimum absolute atomic E-state index is 0.0210. The molecule has 7 aromatic carbocycles. The summed E-state index contributed by atoms with van der Waals surface area (Å²) in [7, 11) is 4.35. The number of esters is 1.